The van der Waals surface area contributed by atoms with Crippen LogP contribution in [0.5, 0.6) is 0 Å². The molecular weight excluding hydrogens is 435 g/mol. The fraction of sp³-hybridized carbons (Fsp3) is 0.458. The first-order valence-electron chi connectivity index (χ1n) is 11.1. The lowest BCUT2D eigenvalue weighted by molar-refractivity contribution is -0.174. The Morgan fingerprint density at radius 2 is 1.79 bits per heavy atom. The first-order valence-corrected chi connectivity index (χ1v) is 11.1. The third kappa shape index (κ3) is 5.19. The molecule has 0 radical (unpaired) electrons. The van der Waals surface area contributed by atoms with Crippen molar-refractivity contribution in [2.45, 2.75) is 39.8 Å². The molecule has 33 heavy (non-hydrogen) atoms. The van der Waals surface area contributed by atoms with E-state index in [0.29, 0.717) is 29.2 Å². The van der Waals surface area contributed by atoms with Crippen LogP contribution in [0.3, 0.4) is 0 Å². The number of likely N-dealkylation sites (N-methyl/N-ethyl adjacent to an activating group) is 1. The van der Waals surface area contributed by atoms with Gasteiger partial charge in [0, 0.05) is 41.3 Å². The second kappa shape index (κ2) is 9.91. The summed E-state index contributed by atoms with van der Waals surface area (Å²) in [5, 5.41) is 2.89. The number of nitrogens with one attached hydrogen (secondary N) is 1. The summed E-state index contributed by atoms with van der Waals surface area (Å²) < 4.78 is 40.3. The second-order valence-electron chi connectivity index (χ2n) is 8.13. The Bertz CT molecular complexity index is 1040. The number of hydrogen-bond donors (Lipinski definition) is 1. The van der Waals surface area contributed by atoms with Gasteiger partial charge in [0.25, 0.3) is 5.91 Å². The Balaban J connectivity index is 1.76. The molecule has 0 fully saturated rings. The quantitative estimate of drug-likeness (QED) is 0.606. The lowest BCUT2D eigenvalue weighted by Crippen LogP contribution is -2.38. The van der Waals surface area contributed by atoms with E-state index in [1.807, 2.05) is 0 Å². The highest BCUT2D eigenvalue weighted by Crippen LogP contribution is 2.34. The zero-order valence-electron chi connectivity index (χ0n) is 19.0. The van der Waals surface area contributed by atoms with Crippen molar-refractivity contribution in [2.24, 2.45) is 5.92 Å². The van der Waals surface area contributed by atoms with Crippen molar-refractivity contribution in [3.05, 3.63) is 52.8 Å². The van der Waals surface area contributed by atoms with Crippen LogP contribution in [0.2, 0.25) is 0 Å². The molecular formula is C24H28F3N3O3. The van der Waals surface area contributed by atoms with E-state index in [4.69, 9.17) is 0 Å². The minimum atomic E-state index is -5.03. The van der Waals surface area contributed by atoms with Crippen molar-refractivity contribution < 1.29 is 27.6 Å². The number of Topliss-reactive ketones (excluding diaryl/α,β-unsaturated/α-hetero) is 2. The predicted molar refractivity (Wildman–Crippen MR) is 118 cm³/mol. The van der Waals surface area contributed by atoms with Crippen LogP contribution >= 0.6 is 0 Å². The first kappa shape index (κ1) is 24.7. The lowest BCUT2D eigenvalue weighted by Gasteiger charge is -2.23. The number of carbonyl (C=O) groups is 3. The van der Waals surface area contributed by atoms with Gasteiger partial charge in [0.15, 0.2) is 5.78 Å². The van der Waals surface area contributed by atoms with Gasteiger partial charge in [-0.2, -0.15) is 13.2 Å². The maximum Gasteiger partial charge on any atom is 0.450 e. The Kier molecular flexibility index (Phi) is 7.41. The Labute approximate surface area is 190 Å². The average Bonchev–Trinajstić information content (AvgIpc) is 3.12. The van der Waals surface area contributed by atoms with Crippen molar-refractivity contribution in [1.29, 1.82) is 0 Å². The lowest BCUT2D eigenvalue weighted by atomic mass is 9.83. The highest BCUT2D eigenvalue weighted by molar-refractivity contribution is 6.13. The smallest absolute Gasteiger partial charge is 0.351 e. The van der Waals surface area contributed by atoms with E-state index in [1.54, 1.807) is 35.8 Å². The van der Waals surface area contributed by atoms with Crippen LogP contribution in [0.25, 0.3) is 5.69 Å². The van der Waals surface area contributed by atoms with Crippen LogP contribution in [0.4, 0.5) is 13.2 Å². The van der Waals surface area contributed by atoms with Crippen LogP contribution in [-0.2, 0) is 11.2 Å². The van der Waals surface area contributed by atoms with E-state index in [2.05, 4.69) is 24.1 Å². The molecule has 9 heteroatoms. The number of carbonyl (C=O) groups excluding carboxylic acids is 3. The number of nitrogens with zero attached hydrogens (tertiary/aromatic N) is 2. The number of aryl methyl sites for hydroxylation is 1. The molecule has 0 spiro atoms. The molecule has 1 aliphatic carbocycles. The molecule has 2 aromatic rings. The number of rotatable bonds is 8. The standard InChI is InChI=1S/C24H28F3N3O3/c1-4-29(5-2)13-12-28-23(33)16-6-8-17(9-7-16)30-15(3)14-19-20(30)11-10-18(21(19)31)22(32)24(25,26)27/h6-9,14,18H,4-5,10-13H2,1-3H3,(H,28,33). The van der Waals surface area contributed by atoms with Gasteiger partial charge < -0.3 is 14.8 Å². The maximum absolute atomic E-state index is 12.8. The SMILES string of the molecule is CCN(CC)CCNC(=O)c1ccc(-n2c(C)cc3c2CCC(C(=O)C(F)(F)F)C3=O)cc1. The molecule has 0 saturated heterocycles. The van der Waals surface area contributed by atoms with Gasteiger partial charge in [-0.15, -0.1) is 0 Å². The summed E-state index contributed by atoms with van der Waals surface area (Å²) in [6.07, 6.45) is -5.03. The van der Waals surface area contributed by atoms with Gasteiger partial charge in [0.1, 0.15) is 0 Å². The summed E-state index contributed by atoms with van der Waals surface area (Å²) in [6.45, 7) is 9.00. The molecule has 6 nitrogen and oxygen atoms in total. The van der Waals surface area contributed by atoms with E-state index in [9.17, 15) is 27.6 Å². The van der Waals surface area contributed by atoms with Crippen molar-refractivity contribution in [3.8, 4) is 5.69 Å². The third-order valence-electron chi connectivity index (χ3n) is 6.13. The number of amides is 1. The fourth-order valence-electron chi connectivity index (χ4n) is 4.29. The Hall–Kier alpha value is -2.94. The van der Waals surface area contributed by atoms with Gasteiger partial charge in [-0.05, 0) is 63.2 Å². The number of fused-ring (bicyclic) bond motifs is 1. The molecule has 1 heterocycles. The number of alkyl halides is 3. The summed E-state index contributed by atoms with van der Waals surface area (Å²) in [5.74, 6) is -4.65. The molecule has 1 amide bonds. The normalized spacial score (nSPS) is 16.1. The number of hydrogen-bond acceptors (Lipinski definition) is 4. The minimum absolute atomic E-state index is 0.152. The monoisotopic (exact) mass is 463 g/mol. The van der Waals surface area contributed by atoms with Gasteiger partial charge in [-0.3, -0.25) is 14.4 Å². The van der Waals surface area contributed by atoms with Crippen LogP contribution in [0, 0.1) is 12.8 Å². The van der Waals surface area contributed by atoms with Crippen molar-refractivity contribution >= 4 is 17.5 Å². The van der Waals surface area contributed by atoms with Crippen LogP contribution in [-0.4, -0.2) is 59.3 Å². The highest BCUT2D eigenvalue weighted by Gasteiger charge is 2.48. The largest absolute Gasteiger partial charge is 0.450 e. The molecule has 1 aliphatic rings. The second-order valence-corrected chi connectivity index (χ2v) is 8.13. The van der Waals surface area contributed by atoms with E-state index in [0.717, 1.165) is 19.6 Å². The number of benzene rings is 1. The van der Waals surface area contributed by atoms with Crippen LogP contribution < -0.4 is 5.32 Å². The van der Waals surface area contributed by atoms with Gasteiger partial charge in [-0.25, -0.2) is 0 Å². The van der Waals surface area contributed by atoms with E-state index >= 15 is 0 Å². The highest BCUT2D eigenvalue weighted by atomic mass is 19.4. The van der Waals surface area contributed by atoms with Gasteiger partial charge >= 0.3 is 6.18 Å². The molecule has 1 unspecified atom stereocenters. The molecule has 178 valence electrons. The topological polar surface area (TPSA) is 71.4 Å². The molecule has 0 bridgehead atoms. The average molecular weight is 464 g/mol. The summed E-state index contributed by atoms with van der Waals surface area (Å²) >= 11 is 0. The summed E-state index contributed by atoms with van der Waals surface area (Å²) in [6, 6.07) is 8.36. The van der Waals surface area contributed by atoms with E-state index < -0.39 is 23.7 Å². The van der Waals surface area contributed by atoms with E-state index in [-0.39, 0.29) is 24.3 Å². The molecule has 1 aromatic carbocycles. The van der Waals surface area contributed by atoms with Crippen LogP contribution in [0.15, 0.2) is 30.3 Å². The molecule has 0 aliphatic heterocycles. The molecule has 0 saturated carbocycles. The maximum atomic E-state index is 12.8. The predicted octanol–water partition coefficient (Wildman–Crippen LogP) is 3.73. The zero-order chi connectivity index (χ0) is 24.3. The summed E-state index contributed by atoms with van der Waals surface area (Å²) in [7, 11) is 0. The zero-order valence-corrected chi connectivity index (χ0v) is 19.0. The summed E-state index contributed by atoms with van der Waals surface area (Å²) in [5.41, 5.74) is 2.59. The minimum Gasteiger partial charge on any atom is -0.351 e. The Morgan fingerprint density at radius 1 is 1.15 bits per heavy atom. The number of halogens is 3. The first-order chi connectivity index (χ1) is 15.6. The van der Waals surface area contributed by atoms with Crippen molar-refractivity contribution in [3.63, 3.8) is 0 Å². The van der Waals surface area contributed by atoms with Crippen molar-refractivity contribution in [2.75, 3.05) is 26.2 Å². The summed E-state index contributed by atoms with van der Waals surface area (Å²) in [4.78, 5) is 38.9. The molecule has 3 rings (SSSR count). The van der Waals surface area contributed by atoms with Gasteiger partial charge in [0.05, 0.1) is 5.92 Å². The number of ketones is 2. The van der Waals surface area contributed by atoms with Gasteiger partial charge in [0.2, 0.25) is 5.78 Å². The van der Waals surface area contributed by atoms with Gasteiger partial charge in [-0.1, -0.05) is 13.8 Å². The third-order valence-corrected chi connectivity index (χ3v) is 6.13. The Morgan fingerprint density at radius 3 is 2.36 bits per heavy atom. The van der Waals surface area contributed by atoms with E-state index in [1.165, 1.54) is 6.07 Å². The fourth-order valence-corrected chi connectivity index (χ4v) is 4.29. The number of aromatic nitrogens is 1. The molecule has 1 aromatic heterocycles. The molecule has 1 atom stereocenters. The van der Waals surface area contributed by atoms with Crippen LogP contribution in [0.1, 0.15) is 52.4 Å². The van der Waals surface area contributed by atoms with Crippen molar-refractivity contribution in [1.82, 2.24) is 14.8 Å². The molecule has 1 N–H and O–H groups in total.